The first kappa shape index (κ1) is 17.4. The molecular formula is C13H20ClN3O2. The molecule has 0 saturated carbocycles. The van der Waals surface area contributed by atoms with E-state index in [2.05, 4.69) is 5.32 Å². The summed E-state index contributed by atoms with van der Waals surface area (Å²) in [6, 6.07) is 4.44. The number of hydrogen-bond acceptors (Lipinski definition) is 3. The van der Waals surface area contributed by atoms with Crippen molar-refractivity contribution in [3.63, 3.8) is 0 Å². The second-order valence-electron chi connectivity index (χ2n) is 4.28. The Hall–Kier alpha value is -1.59. The number of carbonyl (C=O) groups is 2. The third kappa shape index (κ3) is 4.89. The number of primary amides is 1. The third-order valence-corrected chi connectivity index (χ3v) is 2.70. The predicted molar refractivity (Wildman–Crippen MR) is 78.5 cm³/mol. The lowest BCUT2D eigenvalue weighted by molar-refractivity contribution is -0.117. The molecule has 5 N–H and O–H groups in total. The number of nitrogens with two attached hydrogens (primary N) is 2. The largest absolute Gasteiger partial charge is 0.366 e. The van der Waals surface area contributed by atoms with Crippen LogP contribution in [0.2, 0.25) is 0 Å². The minimum atomic E-state index is -0.508. The average molecular weight is 286 g/mol. The Morgan fingerprint density at radius 2 is 2.00 bits per heavy atom. The van der Waals surface area contributed by atoms with Gasteiger partial charge in [-0.25, -0.2) is 0 Å². The number of halogens is 1. The number of nitrogens with one attached hydrogen (secondary N) is 1. The first-order chi connectivity index (χ1) is 8.45. The van der Waals surface area contributed by atoms with E-state index >= 15 is 0 Å². The molecule has 0 saturated heterocycles. The molecule has 0 aliphatic heterocycles. The van der Waals surface area contributed by atoms with Crippen LogP contribution in [0.5, 0.6) is 0 Å². The maximum Gasteiger partial charge on any atom is 0.248 e. The molecule has 0 aliphatic carbocycles. The molecule has 0 heterocycles. The quantitative estimate of drug-likeness (QED) is 0.766. The van der Waals surface area contributed by atoms with Crippen LogP contribution in [-0.2, 0) is 4.79 Å². The molecule has 2 amide bonds. The molecule has 5 nitrogen and oxygen atoms in total. The Labute approximate surface area is 119 Å². The van der Waals surface area contributed by atoms with Crippen LogP contribution in [0.4, 0.5) is 5.69 Å². The summed E-state index contributed by atoms with van der Waals surface area (Å²) in [5, 5.41) is 2.72. The summed E-state index contributed by atoms with van der Waals surface area (Å²) >= 11 is 0. The number of rotatable bonds is 5. The Bertz CT molecular complexity index is 463. The highest BCUT2D eigenvalue weighted by Gasteiger charge is 2.13. The van der Waals surface area contributed by atoms with Crippen molar-refractivity contribution < 1.29 is 9.59 Å². The van der Waals surface area contributed by atoms with E-state index in [0.717, 1.165) is 12.0 Å². The summed E-state index contributed by atoms with van der Waals surface area (Å²) in [6.45, 7) is 3.74. The number of anilines is 1. The molecule has 1 aromatic carbocycles. The van der Waals surface area contributed by atoms with Gasteiger partial charge in [0.1, 0.15) is 0 Å². The average Bonchev–Trinajstić information content (AvgIpc) is 2.28. The van der Waals surface area contributed by atoms with Crippen LogP contribution >= 0.6 is 12.4 Å². The van der Waals surface area contributed by atoms with Gasteiger partial charge in [0.2, 0.25) is 11.8 Å². The molecule has 19 heavy (non-hydrogen) atoms. The van der Waals surface area contributed by atoms with E-state index in [0.29, 0.717) is 17.7 Å². The van der Waals surface area contributed by atoms with Gasteiger partial charge in [-0.3, -0.25) is 9.59 Å². The van der Waals surface area contributed by atoms with E-state index in [1.165, 1.54) is 0 Å². The minimum absolute atomic E-state index is 0. The Balaban J connectivity index is 0.00000324. The van der Waals surface area contributed by atoms with Crippen molar-refractivity contribution >= 4 is 29.9 Å². The van der Waals surface area contributed by atoms with Crippen molar-refractivity contribution in [1.82, 2.24) is 0 Å². The lowest BCUT2D eigenvalue weighted by atomic mass is 10.1. The van der Waals surface area contributed by atoms with Gasteiger partial charge in [0, 0.05) is 11.3 Å². The number of hydrogen-bond donors (Lipinski definition) is 3. The van der Waals surface area contributed by atoms with Crippen molar-refractivity contribution in [2.45, 2.75) is 32.7 Å². The standard InChI is InChI=1S/C13H19N3O2.ClH/c1-3-4-11(14)13(18)16-9-5-6-10(12(15)17)8(2)7-9;/h5-7,11H,3-4,14H2,1-2H3,(H2,15,17)(H,16,18);1H. The number of aryl methyl sites for hydroxylation is 1. The van der Waals surface area contributed by atoms with E-state index in [9.17, 15) is 9.59 Å². The molecule has 1 aromatic rings. The fourth-order valence-corrected chi connectivity index (χ4v) is 1.69. The lowest BCUT2D eigenvalue weighted by Crippen LogP contribution is -2.35. The molecule has 0 spiro atoms. The van der Waals surface area contributed by atoms with Crippen LogP contribution < -0.4 is 16.8 Å². The van der Waals surface area contributed by atoms with Gasteiger partial charge < -0.3 is 16.8 Å². The summed E-state index contributed by atoms with van der Waals surface area (Å²) in [5.41, 5.74) is 12.7. The third-order valence-electron chi connectivity index (χ3n) is 2.70. The number of amides is 2. The van der Waals surface area contributed by atoms with E-state index in [-0.39, 0.29) is 18.3 Å². The van der Waals surface area contributed by atoms with Gasteiger partial charge >= 0.3 is 0 Å². The molecular weight excluding hydrogens is 266 g/mol. The second-order valence-corrected chi connectivity index (χ2v) is 4.28. The SMILES string of the molecule is CCCC(N)C(=O)Nc1ccc(C(N)=O)c(C)c1.Cl. The number of benzene rings is 1. The van der Waals surface area contributed by atoms with E-state index in [1.807, 2.05) is 6.92 Å². The van der Waals surface area contributed by atoms with Gasteiger partial charge in [0.25, 0.3) is 0 Å². The Morgan fingerprint density at radius 3 is 2.47 bits per heavy atom. The normalized spacial score (nSPS) is 11.3. The summed E-state index contributed by atoms with van der Waals surface area (Å²) in [7, 11) is 0. The van der Waals surface area contributed by atoms with E-state index < -0.39 is 11.9 Å². The highest BCUT2D eigenvalue weighted by Crippen LogP contribution is 2.15. The first-order valence-corrected chi connectivity index (χ1v) is 5.92. The highest BCUT2D eigenvalue weighted by atomic mass is 35.5. The summed E-state index contributed by atoms with van der Waals surface area (Å²) in [5.74, 6) is -0.698. The molecule has 0 radical (unpaired) electrons. The molecule has 106 valence electrons. The van der Waals surface area contributed by atoms with Crippen LogP contribution in [0, 0.1) is 6.92 Å². The van der Waals surface area contributed by atoms with Crippen LogP contribution in [0.15, 0.2) is 18.2 Å². The maximum absolute atomic E-state index is 11.7. The van der Waals surface area contributed by atoms with Gasteiger partial charge in [-0.05, 0) is 37.1 Å². The minimum Gasteiger partial charge on any atom is -0.366 e. The Kier molecular flexibility index (Phi) is 7.11. The fraction of sp³-hybridized carbons (Fsp3) is 0.385. The van der Waals surface area contributed by atoms with Gasteiger partial charge in [0.15, 0.2) is 0 Å². The zero-order valence-corrected chi connectivity index (χ0v) is 11.9. The molecule has 0 aliphatic rings. The molecule has 1 rings (SSSR count). The molecule has 1 atom stereocenters. The van der Waals surface area contributed by atoms with Crippen molar-refractivity contribution in [1.29, 1.82) is 0 Å². The van der Waals surface area contributed by atoms with Gasteiger partial charge in [-0.1, -0.05) is 13.3 Å². The first-order valence-electron chi connectivity index (χ1n) is 5.92. The van der Waals surface area contributed by atoms with Crippen LogP contribution in [-0.4, -0.2) is 17.9 Å². The zero-order chi connectivity index (χ0) is 13.7. The van der Waals surface area contributed by atoms with Gasteiger partial charge in [-0.2, -0.15) is 0 Å². The number of carbonyl (C=O) groups excluding carboxylic acids is 2. The molecule has 1 unspecified atom stereocenters. The summed E-state index contributed by atoms with van der Waals surface area (Å²) in [6.07, 6.45) is 1.50. The predicted octanol–water partition coefficient (Wildman–Crippen LogP) is 1.58. The lowest BCUT2D eigenvalue weighted by Gasteiger charge is -2.12. The van der Waals surface area contributed by atoms with Crippen molar-refractivity contribution in [3.8, 4) is 0 Å². The van der Waals surface area contributed by atoms with E-state index in [1.54, 1.807) is 25.1 Å². The molecule has 6 heteroatoms. The van der Waals surface area contributed by atoms with Crippen LogP contribution in [0.25, 0.3) is 0 Å². The van der Waals surface area contributed by atoms with Gasteiger partial charge in [-0.15, -0.1) is 12.4 Å². The van der Waals surface area contributed by atoms with Crippen molar-refractivity contribution in [2.75, 3.05) is 5.32 Å². The molecule has 0 fully saturated rings. The highest BCUT2D eigenvalue weighted by molar-refractivity contribution is 5.97. The zero-order valence-electron chi connectivity index (χ0n) is 11.1. The fourth-order valence-electron chi connectivity index (χ4n) is 1.69. The summed E-state index contributed by atoms with van der Waals surface area (Å²) in [4.78, 5) is 22.8. The molecule has 0 bridgehead atoms. The maximum atomic E-state index is 11.7. The van der Waals surface area contributed by atoms with Crippen LogP contribution in [0.3, 0.4) is 0 Å². The Morgan fingerprint density at radius 1 is 1.37 bits per heavy atom. The topological polar surface area (TPSA) is 98.2 Å². The smallest absolute Gasteiger partial charge is 0.248 e. The second kappa shape index (κ2) is 7.76. The summed E-state index contributed by atoms with van der Waals surface area (Å²) < 4.78 is 0. The monoisotopic (exact) mass is 285 g/mol. The molecule has 0 aromatic heterocycles. The van der Waals surface area contributed by atoms with Gasteiger partial charge in [0.05, 0.1) is 6.04 Å². The van der Waals surface area contributed by atoms with Crippen molar-refractivity contribution in [2.24, 2.45) is 11.5 Å². The van der Waals surface area contributed by atoms with E-state index in [4.69, 9.17) is 11.5 Å². The van der Waals surface area contributed by atoms with Crippen molar-refractivity contribution in [3.05, 3.63) is 29.3 Å². The van der Waals surface area contributed by atoms with Crippen LogP contribution in [0.1, 0.15) is 35.7 Å².